The number of hydrogen-bond acceptors (Lipinski definition) is 3. The third-order valence-corrected chi connectivity index (χ3v) is 5.28. The van der Waals surface area contributed by atoms with Crippen LogP contribution in [0.4, 0.5) is 0 Å². The van der Waals surface area contributed by atoms with Gasteiger partial charge in [0.05, 0.1) is 10.9 Å². The lowest BCUT2D eigenvalue weighted by molar-refractivity contribution is 0.771. The van der Waals surface area contributed by atoms with Crippen LogP contribution in [0, 0.1) is 0 Å². The molecule has 3 nitrogen and oxygen atoms in total. The smallest absolute Gasteiger partial charge is 0.265 e. The van der Waals surface area contributed by atoms with Gasteiger partial charge in [0.2, 0.25) is 0 Å². The summed E-state index contributed by atoms with van der Waals surface area (Å²) in [6.45, 7) is 0. The van der Waals surface area contributed by atoms with Crippen LogP contribution in [0.3, 0.4) is 0 Å². The zero-order valence-electron chi connectivity index (χ0n) is 10.2. The van der Waals surface area contributed by atoms with Crippen LogP contribution in [0.2, 0.25) is 0 Å². The second-order valence-electron chi connectivity index (χ2n) is 4.48. The summed E-state index contributed by atoms with van der Waals surface area (Å²) >= 11 is 5.21. The van der Waals surface area contributed by atoms with E-state index in [-0.39, 0.29) is 5.56 Å². The van der Waals surface area contributed by atoms with Gasteiger partial charge in [-0.2, -0.15) is 11.8 Å². The molecule has 0 bridgehead atoms. The first-order valence-corrected chi connectivity index (χ1v) is 8.06. The summed E-state index contributed by atoms with van der Waals surface area (Å²) in [6.07, 6.45) is 2.28. The van der Waals surface area contributed by atoms with Gasteiger partial charge in [-0.25, -0.2) is 4.98 Å². The van der Waals surface area contributed by atoms with Crippen LogP contribution in [-0.4, -0.2) is 15.7 Å². The van der Waals surface area contributed by atoms with Gasteiger partial charge in [0.15, 0.2) is 0 Å². The minimum atomic E-state index is -0.101. The van der Waals surface area contributed by atoms with E-state index in [0.29, 0.717) is 9.72 Å². The maximum absolute atomic E-state index is 12.0. The predicted molar refractivity (Wildman–Crippen MR) is 82.4 cm³/mol. The van der Waals surface area contributed by atoms with Gasteiger partial charge in [-0.05, 0) is 34.5 Å². The Labute approximate surface area is 124 Å². The maximum Gasteiger partial charge on any atom is 0.265 e. The minimum absolute atomic E-state index is 0.101. The van der Waals surface area contributed by atoms with Gasteiger partial charge < -0.3 is 4.98 Å². The molecule has 0 radical (unpaired) electrons. The molecule has 2 heterocycles. The molecule has 1 aliphatic heterocycles. The highest BCUT2D eigenvalue weighted by Crippen LogP contribution is 2.38. The molecule has 5 heteroatoms. The van der Waals surface area contributed by atoms with Gasteiger partial charge >= 0.3 is 0 Å². The van der Waals surface area contributed by atoms with Gasteiger partial charge in [-0.1, -0.05) is 30.3 Å². The quantitative estimate of drug-likeness (QED) is 0.907. The van der Waals surface area contributed by atoms with E-state index in [0.717, 1.165) is 29.3 Å². The topological polar surface area (TPSA) is 45.8 Å². The van der Waals surface area contributed by atoms with E-state index in [1.165, 1.54) is 6.42 Å². The van der Waals surface area contributed by atoms with E-state index in [2.05, 4.69) is 25.9 Å². The van der Waals surface area contributed by atoms with Crippen LogP contribution in [0.1, 0.15) is 23.9 Å². The summed E-state index contributed by atoms with van der Waals surface area (Å²) in [7, 11) is 0. The number of aromatic amines is 1. The van der Waals surface area contributed by atoms with Gasteiger partial charge in [0.25, 0.3) is 5.56 Å². The molecule has 3 rings (SSSR count). The Balaban J connectivity index is 2.11. The van der Waals surface area contributed by atoms with Crippen LogP contribution < -0.4 is 5.56 Å². The third kappa shape index (κ3) is 2.62. The Morgan fingerprint density at radius 3 is 2.79 bits per heavy atom. The zero-order chi connectivity index (χ0) is 13.2. The van der Waals surface area contributed by atoms with Crippen molar-refractivity contribution in [1.82, 2.24) is 9.97 Å². The molecule has 1 unspecified atom stereocenters. The van der Waals surface area contributed by atoms with Gasteiger partial charge in [-0.15, -0.1) is 0 Å². The Hall–Kier alpha value is -1.07. The van der Waals surface area contributed by atoms with Crippen molar-refractivity contribution < 1.29 is 0 Å². The highest BCUT2D eigenvalue weighted by atomic mass is 79.9. The van der Waals surface area contributed by atoms with Gasteiger partial charge in [-0.3, -0.25) is 4.79 Å². The lowest BCUT2D eigenvalue weighted by Gasteiger charge is -2.11. The van der Waals surface area contributed by atoms with Crippen molar-refractivity contribution in [1.29, 1.82) is 0 Å². The number of hydrogen-bond donors (Lipinski definition) is 1. The van der Waals surface area contributed by atoms with Crippen LogP contribution in [0.25, 0.3) is 11.3 Å². The summed E-state index contributed by atoms with van der Waals surface area (Å²) in [5.41, 5.74) is 1.59. The van der Waals surface area contributed by atoms with Crippen molar-refractivity contribution in [3.05, 3.63) is 51.0 Å². The molecular weight excluding hydrogens is 324 g/mol. The highest BCUT2D eigenvalue weighted by molar-refractivity contribution is 9.10. The fourth-order valence-electron chi connectivity index (χ4n) is 2.21. The molecular formula is C14H13BrN2OS. The van der Waals surface area contributed by atoms with Crippen molar-refractivity contribution in [2.24, 2.45) is 0 Å². The third-order valence-electron chi connectivity index (χ3n) is 3.16. The lowest BCUT2D eigenvalue weighted by atomic mass is 10.1. The molecule has 0 amide bonds. The molecule has 98 valence electrons. The van der Waals surface area contributed by atoms with Gasteiger partial charge in [0, 0.05) is 5.56 Å². The Kier molecular flexibility index (Phi) is 3.75. The van der Waals surface area contributed by atoms with Gasteiger partial charge in [0.1, 0.15) is 10.3 Å². The van der Waals surface area contributed by atoms with Crippen LogP contribution in [0.5, 0.6) is 0 Å². The van der Waals surface area contributed by atoms with Crippen molar-refractivity contribution in [2.75, 3.05) is 5.75 Å². The summed E-state index contributed by atoms with van der Waals surface area (Å²) < 4.78 is 0.505. The number of nitrogens with zero attached hydrogens (tertiary/aromatic N) is 1. The van der Waals surface area contributed by atoms with E-state index in [4.69, 9.17) is 0 Å². The summed E-state index contributed by atoms with van der Waals surface area (Å²) in [5.74, 6) is 1.94. The maximum atomic E-state index is 12.0. The van der Waals surface area contributed by atoms with E-state index >= 15 is 0 Å². The van der Waals surface area contributed by atoms with E-state index in [1.807, 2.05) is 42.1 Å². The number of halogens is 1. The fourth-order valence-corrected chi connectivity index (χ4v) is 3.85. The number of nitrogens with one attached hydrogen (secondary N) is 1. The molecule has 1 fully saturated rings. The standard InChI is InChI=1S/C14H13BrN2OS/c15-11-12(9-5-2-1-3-6-9)16-13(17-14(11)18)10-7-4-8-19-10/h1-3,5-6,10H,4,7-8H2,(H,16,17,18). The minimum Gasteiger partial charge on any atom is -0.309 e. The number of H-pyrrole nitrogens is 1. The molecule has 0 spiro atoms. The number of aromatic nitrogens is 2. The second-order valence-corrected chi connectivity index (χ2v) is 6.59. The molecule has 1 N–H and O–H groups in total. The predicted octanol–water partition coefficient (Wildman–Crippen LogP) is 3.77. The molecule has 0 aliphatic carbocycles. The van der Waals surface area contributed by atoms with Crippen LogP contribution >= 0.6 is 27.7 Å². The molecule has 1 atom stereocenters. The molecule has 19 heavy (non-hydrogen) atoms. The van der Waals surface area contributed by atoms with E-state index in [9.17, 15) is 4.79 Å². The monoisotopic (exact) mass is 336 g/mol. The van der Waals surface area contributed by atoms with Crippen LogP contribution in [-0.2, 0) is 0 Å². The summed E-state index contributed by atoms with van der Waals surface area (Å²) in [6, 6.07) is 9.80. The van der Waals surface area contributed by atoms with Crippen molar-refractivity contribution in [2.45, 2.75) is 18.1 Å². The molecule has 1 aromatic heterocycles. The molecule has 0 saturated carbocycles. The lowest BCUT2D eigenvalue weighted by Crippen LogP contribution is -2.15. The average molecular weight is 337 g/mol. The summed E-state index contributed by atoms with van der Waals surface area (Å²) in [5, 5.41) is 0.322. The first-order chi connectivity index (χ1) is 9.25. The van der Waals surface area contributed by atoms with Crippen molar-refractivity contribution in [3.8, 4) is 11.3 Å². The van der Waals surface area contributed by atoms with Crippen LogP contribution in [0.15, 0.2) is 39.6 Å². The normalized spacial score (nSPS) is 18.7. The van der Waals surface area contributed by atoms with E-state index in [1.54, 1.807) is 0 Å². The SMILES string of the molecule is O=c1[nH]c(C2CCCS2)nc(-c2ccccc2)c1Br. The Morgan fingerprint density at radius 2 is 2.11 bits per heavy atom. The van der Waals surface area contributed by atoms with E-state index < -0.39 is 0 Å². The first kappa shape index (κ1) is 12.9. The highest BCUT2D eigenvalue weighted by Gasteiger charge is 2.22. The van der Waals surface area contributed by atoms with Crippen molar-refractivity contribution >= 4 is 27.7 Å². The molecule has 1 aliphatic rings. The number of rotatable bonds is 2. The molecule has 2 aromatic rings. The van der Waals surface area contributed by atoms with Crippen molar-refractivity contribution in [3.63, 3.8) is 0 Å². The zero-order valence-corrected chi connectivity index (χ0v) is 12.6. The first-order valence-electron chi connectivity index (χ1n) is 6.22. The Bertz CT molecular complexity index is 636. The molecule has 1 aromatic carbocycles. The Morgan fingerprint density at radius 1 is 1.32 bits per heavy atom. The molecule has 1 saturated heterocycles. The average Bonchev–Trinajstić information content (AvgIpc) is 2.97. The number of benzene rings is 1. The number of thioether (sulfide) groups is 1. The second kappa shape index (κ2) is 5.51. The fraction of sp³-hybridized carbons (Fsp3) is 0.286. The largest absolute Gasteiger partial charge is 0.309 e. The summed E-state index contributed by atoms with van der Waals surface area (Å²) in [4.78, 5) is 19.6.